The van der Waals surface area contributed by atoms with Gasteiger partial charge >= 0.3 is 0 Å². The first-order valence-electron chi connectivity index (χ1n) is 9.12. The minimum Gasteiger partial charge on any atom is -0.508 e. The van der Waals surface area contributed by atoms with Gasteiger partial charge in [-0.15, -0.1) is 12.4 Å². The Labute approximate surface area is 175 Å². The van der Waals surface area contributed by atoms with Gasteiger partial charge in [0, 0.05) is 23.7 Å². The summed E-state index contributed by atoms with van der Waals surface area (Å²) >= 11 is 0. The van der Waals surface area contributed by atoms with Gasteiger partial charge in [-0.25, -0.2) is 4.39 Å². The quantitative estimate of drug-likeness (QED) is 0.571. The molecule has 0 spiro atoms. The Morgan fingerprint density at radius 2 is 2.03 bits per heavy atom. The van der Waals surface area contributed by atoms with E-state index in [1.54, 1.807) is 6.07 Å². The van der Waals surface area contributed by atoms with Gasteiger partial charge < -0.3 is 25.6 Å². The lowest BCUT2D eigenvalue weighted by molar-refractivity contribution is -0.118. The largest absolute Gasteiger partial charge is 0.508 e. The molecule has 158 valence electrons. The number of carbonyl (C=O) groups excluding carboxylic acids is 1. The molecule has 1 aliphatic heterocycles. The SMILES string of the molecule is Cc1cc(F)ccc1CC(C)(C)NCC(O)c1cc(O)cc2c1OCC(=O)N2.Cl. The van der Waals surface area contributed by atoms with E-state index in [4.69, 9.17) is 4.74 Å². The van der Waals surface area contributed by atoms with E-state index in [1.165, 1.54) is 24.3 Å². The van der Waals surface area contributed by atoms with E-state index in [-0.39, 0.29) is 48.6 Å². The third-order valence-corrected chi connectivity index (χ3v) is 4.79. The highest BCUT2D eigenvalue weighted by atomic mass is 35.5. The standard InChI is InChI=1S/C21H25FN2O4.ClH/c1-12-6-14(22)5-4-13(12)9-21(2,3)23-10-18(26)16-7-15(25)8-17-20(16)28-11-19(27)24-17;/h4-8,18,23,25-26H,9-11H2,1-3H3,(H,24,27);1H. The molecule has 6 nitrogen and oxygen atoms in total. The molecule has 1 aliphatic rings. The van der Waals surface area contributed by atoms with Gasteiger partial charge in [0.15, 0.2) is 6.61 Å². The predicted molar refractivity (Wildman–Crippen MR) is 111 cm³/mol. The van der Waals surface area contributed by atoms with Crippen LogP contribution in [0.1, 0.15) is 36.6 Å². The number of rotatable bonds is 6. The minimum absolute atomic E-state index is 0. The first-order chi connectivity index (χ1) is 13.1. The van der Waals surface area contributed by atoms with Crippen molar-refractivity contribution in [3.8, 4) is 11.5 Å². The summed E-state index contributed by atoms with van der Waals surface area (Å²) in [5.74, 6) is -0.283. The highest BCUT2D eigenvalue weighted by Gasteiger charge is 2.26. The van der Waals surface area contributed by atoms with Crippen LogP contribution in [0, 0.1) is 12.7 Å². The molecule has 1 atom stereocenters. The number of aryl methyl sites for hydroxylation is 1. The van der Waals surface area contributed by atoms with Crippen LogP contribution >= 0.6 is 12.4 Å². The Morgan fingerprint density at radius 3 is 2.72 bits per heavy atom. The average molecular weight is 425 g/mol. The summed E-state index contributed by atoms with van der Waals surface area (Å²) in [4.78, 5) is 11.5. The summed E-state index contributed by atoms with van der Waals surface area (Å²) in [6, 6.07) is 7.53. The number of nitrogens with one attached hydrogen (secondary N) is 2. The van der Waals surface area contributed by atoms with Crippen molar-refractivity contribution in [3.63, 3.8) is 0 Å². The van der Waals surface area contributed by atoms with Crippen molar-refractivity contribution < 1.29 is 24.1 Å². The maximum absolute atomic E-state index is 13.3. The molecule has 1 amide bonds. The van der Waals surface area contributed by atoms with Gasteiger partial charge in [0.2, 0.25) is 0 Å². The maximum Gasteiger partial charge on any atom is 0.262 e. The van der Waals surface area contributed by atoms with Gasteiger partial charge in [-0.1, -0.05) is 6.07 Å². The number of phenolic OH excluding ortho intramolecular Hbond substituents is 1. The molecule has 0 fully saturated rings. The van der Waals surface area contributed by atoms with Crippen molar-refractivity contribution in [2.75, 3.05) is 18.5 Å². The molecule has 3 rings (SSSR count). The van der Waals surface area contributed by atoms with E-state index in [9.17, 15) is 19.4 Å². The molecule has 8 heteroatoms. The molecule has 0 bridgehead atoms. The maximum atomic E-state index is 13.3. The van der Waals surface area contributed by atoms with Crippen LogP contribution in [-0.4, -0.2) is 34.8 Å². The summed E-state index contributed by atoms with van der Waals surface area (Å²) in [7, 11) is 0. The molecule has 1 unspecified atom stereocenters. The monoisotopic (exact) mass is 424 g/mol. The Bertz CT molecular complexity index is 904. The molecule has 29 heavy (non-hydrogen) atoms. The fourth-order valence-corrected chi connectivity index (χ4v) is 3.34. The summed E-state index contributed by atoms with van der Waals surface area (Å²) in [6.45, 7) is 5.93. The second-order valence-corrected chi connectivity index (χ2v) is 7.78. The average Bonchev–Trinajstić information content (AvgIpc) is 2.61. The lowest BCUT2D eigenvalue weighted by Crippen LogP contribution is -2.43. The van der Waals surface area contributed by atoms with E-state index >= 15 is 0 Å². The van der Waals surface area contributed by atoms with Gasteiger partial charge in [-0.05, 0) is 56.5 Å². The molecular weight excluding hydrogens is 399 g/mol. The van der Waals surface area contributed by atoms with Crippen molar-refractivity contribution >= 4 is 24.0 Å². The number of phenols is 1. The molecule has 2 aromatic carbocycles. The van der Waals surface area contributed by atoms with Crippen molar-refractivity contribution in [3.05, 3.63) is 52.8 Å². The zero-order valence-electron chi connectivity index (χ0n) is 16.6. The van der Waals surface area contributed by atoms with E-state index in [0.717, 1.165) is 11.1 Å². The number of hydrogen-bond acceptors (Lipinski definition) is 5. The van der Waals surface area contributed by atoms with E-state index in [2.05, 4.69) is 10.6 Å². The molecule has 4 N–H and O–H groups in total. The molecule has 2 aromatic rings. The van der Waals surface area contributed by atoms with Crippen molar-refractivity contribution in [1.82, 2.24) is 5.32 Å². The Hall–Kier alpha value is -2.35. The van der Waals surface area contributed by atoms with Crippen molar-refractivity contribution in [2.24, 2.45) is 0 Å². The molecule has 0 radical (unpaired) electrons. The first-order valence-corrected chi connectivity index (χ1v) is 9.12. The van der Waals surface area contributed by atoms with Crippen LogP contribution in [0.4, 0.5) is 10.1 Å². The summed E-state index contributed by atoms with van der Waals surface area (Å²) < 4.78 is 18.8. The molecule has 0 aromatic heterocycles. The molecule has 0 aliphatic carbocycles. The fraction of sp³-hybridized carbons (Fsp3) is 0.381. The molecular formula is C21H26ClFN2O4. The zero-order valence-corrected chi connectivity index (χ0v) is 17.4. The van der Waals surface area contributed by atoms with E-state index < -0.39 is 6.10 Å². The van der Waals surface area contributed by atoms with Crippen LogP contribution in [-0.2, 0) is 11.2 Å². The summed E-state index contributed by atoms with van der Waals surface area (Å²) in [5, 5.41) is 26.5. The highest BCUT2D eigenvalue weighted by Crippen LogP contribution is 2.38. The molecule has 0 saturated heterocycles. The van der Waals surface area contributed by atoms with Gasteiger partial charge in [0.05, 0.1) is 11.8 Å². The smallest absolute Gasteiger partial charge is 0.262 e. The van der Waals surface area contributed by atoms with Crippen LogP contribution in [0.15, 0.2) is 30.3 Å². The van der Waals surface area contributed by atoms with Crippen LogP contribution in [0.2, 0.25) is 0 Å². The number of carbonyl (C=O) groups is 1. The second-order valence-electron chi connectivity index (χ2n) is 7.78. The number of aliphatic hydroxyl groups is 1. The van der Waals surface area contributed by atoms with Crippen LogP contribution in [0.25, 0.3) is 0 Å². The topological polar surface area (TPSA) is 90.8 Å². The number of aromatic hydroxyl groups is 1. The van der Waals surface area contributed by atoms with Gasteiger partial charge in [0.25, 0.3) is 5.91 Å². The number of β-amino-alcohol motifs (C(OH)–C–C–N with tert-alkyl or cyclic N) is 1. The number of aliphatic hydroxyl groups excluding tert-OH is 1. The number of benzene rings is 2. The third-order valence-electron chi connectivity index (χ3n) is 4.79. The van der Waals surface area contributed by atoms with Crippen LogP contribution in [0.5, 0.6) is 11.5 Å². The van der Waals surface area contributed by atoms with Gasteiger partial charge in [-0.2, -0.15) is 0 Å². The lowest BCUT2D eigenvalue weighted by atomic mass is 9.92. The van der Waals surface area contributed by atoms with Gasteiger partial charge in [-0.3, -0.25) is 4.79 Å². The van der Waals surface area contributed by atoms with Crippen LogP contribution in [0.3, 0.4) is 0 Å². The van der Waals surface area contributed by atoms with Crippen molar-refractivity contribution in [2.45, 2.75) is 38.8 Å². The Kier molecular flexibility index (Phi) is 7.11. The van der Waals surface area contributed by atoms with Crippen molar-refractivity contribution in [1.29, 1.82) is 0 Å². The Morgan fingerprint density at radius 1 is 1.31 bits per heavy atom. The summed E-state index contributed by atoms with van der Waals surface area (Å²) in [6.07, 6.45) is -0.305. The highest BCUT2D eigenvalue weighted by molar-refractivity contribution is 5.96. The van der Waals surface area contributed by atoms with Crippen LogP contribution < -0.4 is 15.4 Å². The minimum atomic E-state index is -0.954. The number of anilines is 1. The number of ether oxygens (including phenoxy) is 1. The third kappa shape index (κ3) is 5.59. The summed E-state index contributed by atoms with van der Waals surface area (Å²) in [5.41, 5.74) is 2.27. The number of amides is 1. The second kappa shape index (κ2) is 8.98. The van der Waals surface area contributed by atoms with Gasteiger partial charge in [0.1, 0.15) is 17.3 Å². The number of hydrogen-bond donors (Lipinski definition) is 4. The zero-order chi connectivity index (χ0) is 20.5. The predicted octanol–water partition coefficient (Wildman–Crippen LogP) is 3.24. The Balaban J connectivity index is 0.00000300. The first kappa shape index (κ1) is 22.9. The lowest BCUT2D eigenvalue weighted by Gasteiger charge is -2.30. The number of fused-ring (bicyclic) bond motifs is 1. The molecule has 0 saturated carbocycles. The van der Waals surface area contributed by atoms with E-state index in [1.807, 2.05) is 20.8 Å². The molecule has 1 heterocycles. The number of halogens is 2. The van der Waals surface area contributed by atoms with E-state index in [0.29, 0.717) is 23.4 Å². The fourth-order valence-electron chi connectivity index (χ4n) is 3.34. The normalized spacial score (nSPS) is 14.3.